The molecule has 2 heterocycles. The topological polar surface area (TPSA) is 46.9 Å². The lowest BCUT2D eigenvalue weighted by molar-refractivity contribution is 0.453. The molecule has 0 saturated carbocycles. The summed E-state index contributed by atoms with van der Waals surface area (Å²) in [5.41, 5.74) is 0.641. The molecule has 0 bridgehead atoms. The van der Waals surface area contributed by atoms with Crippen molar-refractivity contribution in [2.24, 2.45) is 0 Å². The van der Waals surface area contributed by atoms with E-state index >= 15 is 0 Å². The van der Waals surface area contributed by atoms with Gasteiger partial charge in [0.15, 0.2) is 0 Å². The normalized spacial score (nSPS) is 19.9. The average Bonchev–Trinajstić information content (AvgIpc) is 2.82. The van der Waals surface area contributed by atoms with E-state index in [9.17, 15) is 4.79 Å². The van der Waals surface area contributed by atoms with Crippen molar-refractivity contribution in [1.82, 2.24) is 14.9 Å². The third kappa shape index (κ3) is 1.83. The molecule has 88 valence electrons. The first-order chi connectivity index (χ1) is 8.25. The lowest BCUT2D eigenvalue weighted by Gasteiger charge is -2.13. The van der Waals surface area contributed by atoms with Crippen LogP contribution in [0.1, 0.15) is 19.0 Å². The molecule has 1 fully saturated rings. The van der Waals surface area contributed by atoms with E-state index in [1.54, 1.807) is 29.1 Å². The summed E-state index contributed by atoms with van der Waals surface area (Å²) in [5.74, 6) is 0. The fraction of sp³-hybridized carbons (Fsp3) is 0.333. The Kier molecular flexibility index (Phi) is 2.61. The molecule has 0 aliphatic carbocycles. The maximum atomic E-state index is 12.3. The Bertz CT molecular complexity index is 617. The van der Waals surface area contributed by atoms with Crippen LogP contribution in [0.15, 0.2) is 29.3 Å². The van der Waals surface area contributed by atoms with Crippen molar-refractivity contribution >= 4 is 22.5 Å². The van der Waals surface area contributed by atoms with Gasteiger partial charge in [0, 0.05) is 5.02 Å². The van der Waals surface area contributed by atoms with E-state index in [1.165, 1.54) is 0 Å². The Morgan fingerprint density at radius 3 is 3.12 bits per heavy atom. The Morgan fingerprint density at radius 2 is 2.35 bits per heavy atom. The molecule has 1 atom stereocenters. The maximum Gasteiger partial charge on any atom is 0.262 e. The summed E-state index contributed by atoms with van der Waals surface area (Å²) in [6.45, 7) is 0.954. The molecule has 1 unspecified atom stereocenters. The van der Waals surface area contributed by atoms with Crippen LogP contribution in [0.25, 0.3) is 10.9 Å². The Hall–Kier alpha value is -1.39. The third-order valence-corrected chi connectivity index (χ3v) is 3.35. The van der Waals surface area contributed by atoms with Crippen LogP contribution < -0.4 is 10.9 Å². The van der Waals surface area contributed by atoms with E-state index in [2.05, 4.69) is 10.3 Å². The highest BCUT2D eigenvalue weighted by atomic mass is 35.5. The highest BCUT2D eigenvalue weighted by Gasteiger charge is 2.17. The zero-order valence-corrected chi connectivity index (χ0v) is 9.94. The number of hydrogen-bond donors (Lipinski definition) is 1. The van der Waals surface area contributed by atoms with E-state index in [1.807, 2.05) is 0 Å². The van der Waals surface area contributed by atoms with E-state index in [-0.39, 0.29) is 11.7 Å². The first-order valence-electron chi connectivity index (χ1n) is 5.65. The Morgan fingerprint density at radius 1 is 1.47 bits per heavy atom. The van der Waals surface area contributed by atoms with Gasteiger partial charge in [-0.15, -0.1) is 0 Å². The van der Waals surface area contributed by atoms with Gasteiger partial charge in [-0.05, 0) is 37.6 Å². The standard InChI is InChI=1S/C12H12ClN3O/c13-8-3-4-9-10(6-8)15-7-16(12(9)17)11-2-1-5-14-11/h3-4,6-7,11,14H,1-2,5H2. The van der Waals surface area contributed by atoms with Crippen molar-refractivity contribution in [2.45, 2.75) is 19.0 Å². The Labute approximate surface area is 103 Å². The molecule has 1 N–H and O–H groups in total. The van der Waals surface area contributed by atoms with Gasteiger partial charge in [-0.2, -0.15) is 0 Å². The first kappa shape index (κ1) is 10.7. The second-order valence-corrected chi connectivity index (χ2v) is 4.67. The number of benzene rings is 1. The second kappa shape index (κ2) is 4.13. The van der Waals surface area contributed by atoms with Gasteiger partial charge >= 0.3 is 0 Å². The number of fused-ring (bicyclic) bond motifs is 1. The highest BCUT2D eigenvalue weighted by Crippen LogP contribution is 2.17. The van der Waals surface area contributed by atoms with Gasteiger partial charge in [0.2, 0.25) is 0 Å². The molecule has 5 heteroatoms. The van der Waals surface area contributed by atoms with E-state index in [0.717, 1.165) is 19.4 Å². The fourth-order valence-corrected chi connectivity index (χ4v) is 2.40. The molecule has 0 spiro atoms. The van der Waals surface area contributed by atoms with E-state index in [0.29, 0.717) is 15.9 Å². The predicted octanol–water partition coefficient (Wildman–Crippen LogP) is 1.93. The zero-order chi connectivity index (χ0) is 11.8. The lowest BCUT2D eigenvalue weighted by Crippen LogP contribution is -2.30. The number of nitrogens with one attached hydrogen (secondary N) is 1. The van der Waals surface area contributed by atoms with Crippen LogP contribution in [0.2, 0.25) is 5.02 Å². The second-order valence-electron chi connectivity index (χ2n) is 4.23. The van der Waals surface area contributed by atoms with Gasteiger partial charge in [0.1, 0.15) is 0 Å². The zero-order valence-electron chi connectivity index (χ0n) is 9.19. The predicted molar refractivity (Wildman–Crippen MR) is 67.3 cm³/mol. The minimum atomic E-state index is -0.00827. The van der Waals surface area contributed by atoms with Crippen LogP contribution in [0.5, 0.6) is 0 Å². The van der Waals surface area contributed by atoms with Crippen molar-refractivity contribution in [3.8, 4) is 0 Å². The Balaban J connectivity index is 2.18. The van der Waals surface area contributed by atoms with Gasteiger partial charge in [0.25, 0.3) is 5.56 Å². The quantitative estimate of drug-likeness (QED) is 0.840. The number of halogens is 1. The van der Waals surface area contributed by atoms with Crippen LogP contribution in [-0.4, -0.2) is 16.1 Å². The SMILES string of the molecule is O=c1c2ccc(Cl)cc2ncn1C1CCCN1. The van der Waals surface area contributed by atoms with Crippen LogP contribution in [0.4, 0.5) is 0 Å². The molecule has 4 nitrogen and oxygen atoms in total. The largest absolute Gasteiger partial charge is 0.297 e. The summed E-state index contributed by atoms with van der Waals surface area (Å²) in [5, 5.41) is 4.50. The summed E-state index contributed by atoms with van der Waals surface area (Å²) in [6, 6.07) is 5.17. The van der Waals surface area contributed by atoms with Crippen molar-refractivity contribution in [1.29, 1.82) is 0 Å². The van der Waals surface area contributed by atoms with Crippen molar-refractivity contribution in [3.63, 3.8) is 0 Å². The molecular weight excluding hydrogens is 238 g/mol. The number of hydrogen-bond acceptors (Lipinski definition) is 3. The van der Waals surface area contributed by atoms with Gasteiger partial charge in [-0.25, -0.2) is 4.98 Å². The van der Waals surface area contributed by atoms with Crippen LogP contribution >= 0.6 is 11.6 Å². The van der Waals surface area contributed by atoms with Gasteiger partial charge in [-0.1, -0.05) is 11.6 Å². The first-order valence-corrected chi connectivity index (χ1v) is 6.03. The molecule has 2 aromatic rings. The molecule has 0 radical (unpaired) electrons. The average molecular weight is 250 g/mol. The molecule has 1 aromatic carbocycles. The van der Waals surface area contributed by atoms with Gasteiger partial charge in [0.05, 0.1) is 23.4 Å². The maximum absolute atomic E-state index is 12.3. The number of aromatic nitrogens is 2. The summed E-state index contributed by atoms with van der Waals surface area (Å²) in [7, 11) is 0. The monoisotopic (exact) mass is 249 g/mol. The number of rotatable bonds is 1. The van der Waals surface area contributed by atoms with Crippen molar-refractivity contribution in [3.05, 3.63) is 39.9 Å². The molecule has 3 rings (SSSR count). The molecule has 1 saturated heterocycles. The fourth-order valence-electron chi connectivity index (χ4n) is 2.23. The lowest BCUT2D eigenvalue weighted by atomic mass is 10.2. The van der Waals surface area contributed by atoms with Crippen LogP contribution in [0, 0.1) is 0 Å². The van der Waals surface area contributed by atoms with Crippen molar-refractivity contribution < 1.29 is 0 Å². The smallest absolute Gasteiger partial charge is 0.262 e. The molecular formula is C12H12ClN3O. The molecule has 0 amide bonds. The van der Waals surface area contributed by atoms with Gasteiger partial charge in [-0.3, -0.25) is 14.7 Å². The third-order valence-electron chi connectivity index (χ3n) is 3.12. The molecule has 17 heavy (non-hydrogen) atoms. The minimum absolute atomic E-state index is 0.00827. The van der Waals surface area contributed by atoms with Crippen molar-refractivity contribution in [2.75, 3.05) is 6.54 Å². The summed E-state index contributed by atoms with van der Waals surface area (Å²) in [4.78, 5) is 16.6. The van der Waals surface area contributed by atoms with E-state index < -0.39 is 0 Å². The summed E-state index contributed by atoms with van der Waals surface area (Å²) < 4.78 is 1.67. The minimum Gasteiger partial charge on any atom is -0.297 e. The number of nitrogens with zero attached hydrogens (tertiary/aromatic N) is 2. The van der Waals surface area contributed by atoms with E-state index in [4.69, 9.17) is 11.6 Å². The summed E-state index contributed by atoms with van der Waals surface area (Å²) >= 11 is 5.88. The van der Waals surface area contributed by atoms with Gasteiger partial charge < -0.3 is 0 Å². The molecule has 1 aliphatic rings. The van der Waals surface area contributed by atoms with Crippen LogP contribution in [-0.2, 0) is 0 Å². The van der Waals surface area contributed by atoms with Crippen LogP contribution in [0.3, 0.4) is 0 Å². The summed E-state index contributed by atoms with van der Waals surface area (Å²) in [6.07, 6.45) is 3.75. The highest BCUT2D eigenvalue weighted by molar-refractivity contribution is 6.31. The molecule has 1 aliphatic heterocycles. The molecule has 1 aromatic heterocycles.